The van der Waals surface area contributed by atoms with Gasteiger partial charge in [-0.05, 0) is 32.4 Å². The molecule has 0 aliphatic rings. The third-order valence-electron chi connectivity index (χ3n) is 3.22. The van der Waals surface area contributed by atoms with Gasteiger partial charge in [0, 0.05) is 12.3 Å². The summed E-state index contributed by atoms with van der Waals surface area (Å²) in [7, 11) is 0. The number of nitrogens with zero attached hydrogens (tertiary/aromatic N) is 2. The number of hydrogen-bond donors (Lipinski definition) is 1. The first-order chi connectivity index (χ1) is 8.81. The molecule has 0 bridgehead atoms. The predicted octanol–water partition coefficient (Wildman–Crippen LogP) is 3.76. The molecule has 0 spiro atoms. The van der Waals surface area contributed by atoms with Gasteiger partial charge in [0.15, 0.2) is 0 Å². The van der Waals surface area contributed by atoms with Crippen molar-refractivity contribution in [2.45, 2.75) is 65.2 Å². The van der Waals surface area contributed by atoms with Gasteiger partial charge in [-0.1, -0.05) is 33.6 Å². The van der Waals surface area contributed by atoms with Crippen molar-refractivity contribution in [3.8, 4) is 0 Å². The smallest absolute Gasteiger partial charge is 0.120 e. The van der Waals surface area contributed by atoms with Crippen molar-refractivity contribution in [2.24, 2.45) is 0 Å². The SMILES string of the molecule is CCCCC(CC)c1nnc(CCCNCC)s1. The molecular formula is C14H27N3S. The Bertz CT molecular complexity index is 312. The van der Waals surface area contributed by atoms with Gasteiger partial charge in [0.05, 0.1) is 0 Å². The minimum Gasteiger partial charge on any atom is -0.317 e. The molecule has 1 rings (SSSR count). The van der Waals surface area contributed by atoms with Crippen LogP contribution in [0, 0.1) is 0 Å². The van der Waals surface area contributed by atoms with Crippen LogP contribution >= 0.6 is 11.3 Å². The molecule has 0 aromatic carbocycles. The minimum atomic E-state index is 0.630. The molecule has 0 fully saturated rings. The molecule has 0 aliphatic carbocycles. The lowest BCUT2D eigenvalue weighted by molar-refractivity contribution is 0.563. The topological polar surface area (TPSA) is 37.8 Å². The largest absolute Gasteiger partial charge is 0.317 e. The highest BCUT2D eigenvalue weighted by molar-refractivity contribution is 7.11. The van der Waals surface area contributed by atoms with Gasteiger partial charge < -0.3 is 5.32 Å². The fraction of sp³-hybridized carbons (Fsp3) is 0.857. The van der Waals surface area contributed by atoms with E-state index in [2.05, 4.69) is 36.3 Å². The highest BCUT2D eigenvalue weighted by Crippen LogP contribution is 2.28. The summed E-state index contributed by atoms with van der Waals surface area (Å²) < 4.78 is 0. The highest BCUT2D eigenvalue weighted by Gasteiger charge is 2.14. The first-order valence-electron chi connectivity index (χ1n) is 7.34. The average Bonchev–Trinajstić information content (AvgIpc) is 2.84. The van der Waals surface area contributed by atoms with E-state index in [1.54, 1.807) is 0 Å². The molecule has 1 atom stereocenters. The number of aryl methyl sites for hydroxylation is 1. The second-order valence-corrected chi connectivity index (χ2v) is 5.83. The molecule has 0 amide bonds. The Morgan fingerprint density at radius 3 is 2.67 bits per heavy atom. The Kier molecular flexibility index (Phi) is 8.18. The number of unbranched alkanes of at least 4 members (excludes halogenated alkanes) is 1. The minimum absolute atomic E-state index is 0.630. The second kappa shape index (κ2) is 9.45. The Balaban J connectivity index is 2.40. The van der Waals surface area contributed by atoms with Crippen molar-refractivity contribution < 1.29 is 0 Å². The fourth-order valence-corrected chi connectivity index (χ4v) is 3.13. The summed E-state index contributed by atoms with van der Waals surface area (Å²) in [6, 6.07) is 0. The normalized spacial score (nSPS) is 12.8. The van der Waals surface area contributed by atoms with Crippen LogP contribution in [-0.4, -0.2) is 23.3 Å². The maximum Gasteiger partial charge on any atom is 0.120 e. The van der Waals surface area contributed by atoms with Gasteiger partial charge in [-0.25, -0.2) is 0 Å². The van der Waals surface area contributed by atoms with Crippen LogP contribution in [0.25, 0.3) is 0 Å². The molecule has 1 aromatic rings. The van der Waals surface area contributed by atoms with Crippen LogP contribution in [0.3, 0.4) is 0 Å². The maximum atomic E-state index is 4.39. The van der Waals surface area contributed by atoms with Crippen molar-refractivity contribution in [1.29, 1.82) is 0 Å². The fourth-order valence-electron chi connectivity index (χ4n) is 2.03. The summed E-state index contributed by atoms with van der Waals surface area (Å²) in [5.41, 5.74) is 0. The maximum absolute atomic E-state index is 4.39. The van der Waals surface area contributed by atoms with Crippen LogP contribution in [0.5, 0.6) is 0 Å². The number of nitrogens with one attached hydrogen (secondary N) is 1. The van der Waals surface area contributed by atoms with Gasteiger partial charge in [0.1, 0.15) is 10.0 Å². The van der Waals surface area contributed by atoms with E-state index in [9.17, 15) is 0 Å². The molecule has 0 aliphatic heterocycles. The van der Waals surface area contributed by atoms with Crippen LogP contribution in [0.15, 0.2) is 0 Å². The molecule has 3 nitrogen and oxygen atoms in total. The molecule has 0 saturated heterocycles. The van der Waals surface area contributed by atoms with E-state index in [0.717, 1.165) is 25.9 Å². The standard InChI is InChI=1S/C14H27N3S/c1-4-7-9-12(5-2)14-17-16-13(18-14)10-8-11-15-6-3/h12,15H,4-11H2,1-3H3. The van der Waals surface area contributed by atoms with Crippen LogP contribution in [0.1, 0.15) is 68.8 Å². The lowest BCUT2D eigenvalue weighted by Gasteiger charge is -2.09. The number of hydrogen-bond acceptors (Lipinski definition) is 4. The Hall–Kier alpha value is -0.480. The quantitative estimate of drug-likeness (QED) is 0.657. The summed E-state index contributed by atoms with van der Waals surface area (Å²) in [4.78, 5) is 0. The van der Waals surface area contributed by atoms with E-state index in [4.69, 9.17) is 0 Å². The van der Waals surface area contributed by atoms with Gasteiger partial charge >= 0.3 is 0 Å². The van der Waals surface area contributed by atoms with Crippen molar-refractivity contribution in [1.82, 2.24) is 15.5 Å². The monoisotopic (exact) mass is 269 g/mol. The van der Waals surface area contributed by atoms with Crippen molar-refractivity contribution in [3.63, 3.8) is 0 Å². The Labute approximate surface area is 115 Å². The molecular weight excluding hydrogens is 242 g/mol. The first kappa shape index (κ1) is 15.6. The summed E-state index contributed by atoms with van der Waals surface area (Å²) >= 11 is 1.82. The van der Waals surface area contributed by atoms with Crippen LogP contribution in [-0.2, 0) is 6.42 Å². The van der Waals surface area contributed by atoms with Crippen molar-refractivity contribution in [3.05, 3.63) is 10.0 Å². The number of aromatic nitrogens is 2. The van der Waals surface area contributed by atoms with E-state index in [-0.39, 0.29) is 0 Å². The Morgan fingerprint density at radius 1 is 1.17 bits per heavy atom. The predicted molar refractivity (Wildman–Crippen MR) is 79.3 cm³/mol. The molecule has 18 heavy (non-hydrogen) atoms. The summed E-state index contributed by atoms with van der Waals surface area (Å²) in [6.45, 7) is 8.78. The van der Waals surface area contributed by atoms with E-state index < -0.39 is 0 Å². The Morgan fingerprint density at radius 2 is 2.00 bits per heavy atom. The zero-order valence-corrected chi connectivity index (χ0v) is 12.9. The van der Waals surface area contributed by atoms with Gasteiger partial charge in [-0.3, -0.25) is 0 Å². The molecule has 104 valence electrons. The van der Waals surface area contributed by atoms with Gasteiger partial charge in [-0.15, -0.1) is 21.5 Å². The summed E-state index contributed by atoms with van der Waals surface area (Å²) in [6.07, 6.45) is 7.24. The van der Waals surface area contributed by atoms with Crippen LogP contribution in [0.2, 0.25) is 0 Å². The van der Waals surface area contributed by atoms with Gasteiger partial charge in [-0.2, -0.15) is 0 Å². The van der Waals surface area contributed by atoms with Crippen molar-refractivity contribution >= 4 is 11.3 Å². The van der Waals surface area contributed by atoms with E-state index in [0.29, 0.717) is 5.92 Å². The lowest BCUT2D eigenvalue weighted by Crippen LogP contribution is -2.14. The molecule has 1 heterocycles. The van der Waals surface area contributed by atoms with E-state index >= 15 is 0 Å². The van der Waals surface area contributed by atoms with Crippen LogP contribution < -0.4 is 5.32 Å². The van der Waals surface area contributed by atoms with Gasteiger partial charge in [0.25, 0.3) is 0 Å². The zero-order valence-electron chi connectivity index (χ0n) is 12.0. The van der Waals surface area contributed by atoms with Gasteiger partial charge in [0.2, 0.25) is 0 Å². The summed E-state index contributed by atoms with van der Waals surface area (Å²) in [5.74, 6) is 0.630. The third-order valence-corrected chi connectivity index (χ3v) is 4.37. The first-order valence-corrected chi connectivity index (χ1v) is 8.16. The van der Waals surface area contributed by atoms with E-state index in [1.807, 2.05) is 11.3 Å². The third kappa shape index (κ3) is 5.44. The zero-order chi connectivity index (χ0) is 13.2. The number of rotatable bonds is 10. The van der Waals surface area contributed by atoms with Crippen molar-refractivity contribution in [2.75, 3.05) is 13.1 Å². The molecule has 4 heteroatoms. The second-order valence-electron chi connectivity index (χ2n) is 4.74. The average molecular weight is 269 g/mol. The van der Waals surface area contributed by atoms with E-state index in [1.165, 1.54) is 35.7 Å². The molecule has 0 saturated carbocycles. The molecule has 1 unspecified atom stereocenters. The highest BCUT2D eigenvalue weighted by atomic mass is 32.1. The molecule has 1 aromatic heterocycles. The molecule has 0 radical (unpaired) electrons. The molecule has 1 N–H and O–H groups in total. The summed E-state index contributed by atoms with van der Waals surface area (Å²) in [5, 5.41) is 14.5. The van der Waals surface area contributed by atoms with Crippen LogP contribution in [0.4, 0.5) is 0 Å². The lowest BCUT2D eigenvalue weighted by atomic mass is 10.0.